The highest BCUT2D eigenvalue weighted by atomic mass is 35.5. The zero-order chi connectivity index (χ0) is 16.8. The molecule has 1 aromatic heterocycles. The molecule has 0 aliphatic rings. The number of hydrogen-bond acceptors (Lipinski definition) is 4. The van der Waals surface area contributed by atoms with E-state index in [0.29, 0.717) is 23.7 Å². The van der Waals surface area contributed by atoms with Crippen LogP contribution in [0, 0.1) is 0 Å². The Morgan fingerprint density at radius 1 is 1.35 bits per heavy atom. The van der Waals surface area contributed by atoms with Gasteiger partial charge in [-0.3, -0.25) is 9.59 Å². The van der Waals surface area contributed by atoms with Gasteiger partial charge in [-0.15, -0.1) is 0 Å². The first kappa shape index (κ1) is 17.0. The van der Waals surface area contributed by atoms with E-state index in [4.69, 9.17) is 16.3 Å². The molecule has 0 aliphatic carbocycles. The quantitative estimate of drug-likeness (QED) is 0.876. The number of halogens is 1. The molecule has 1 amide bonds. The van der Waals surface area contributed by atoms with Gasteiger partial charge in [0.25, 0.3) is 11.5 Å². The van der Waals surface area contributed by atoms with Gasteiger partial charge in [-0.25, -0.2) is 4.68 Å². The molecule has 1 atom stereocenters. The van der Waals surface area contributed by atoms with Gasteiger partial charge in [0.1, 0.15) is 17.5 Å². The van der Waals surface area contributed by atoms with Crippen molar-refractivity contribution in [1.29, 1.82) is 0 Å². The highest BCUT2D eigenvalue weighted by Gasteiger charge is 2.14. The summed E-state index contributed by atoms with van der Waals surface area (Å²) in [5, 5.41) is 7.18. The summed E-state index contributed by atoms with van der Waals surface area (Å²) in [5.41, 5.74) is -0.0882. The van der Waals surface area contributed by atoms with Crippen molar-refractivity contribution < 1.29 is 9.53 Å². The van der Waals surface area contributed by atoms with Crippen LogP contribution in [0.2, 0.25) is 5.02 Å². The molecule has 122 valence electrons. The molecule has 0 bridgehead atoms. The lowest BCUT2D eigenvalue weighted by molar-refractivity contribution is 0.0919. The van der Waals surface area contributed by atoms with Crippen LogP contribution in [0.5, 0.6) is 5.75 Å². The van der Waals surface area contributed by atoms with Crippen LogP contribution < -0.4 is 15.6 Å². The summed E-state index contributed by atoms with van der Waals surface area (Å²) in [6, 6.07) is 9.88. The smallest absolute Gasteiger partial charge is 0.271 e. The predicted octanol–water partition coefficient (Wildman–Crippen LogP) is 2.02. The summed E-state index contributed by atoms with van der Waals surface area (Å²) in [4.78, 5) is 23.4. The highest BCUT2D eigenvalue weighted by molar-refractivity contribution is 6.32. The van der Waals surface area contributed by atoms with E-state index in [9.17, 15) is 9.59 Å². The topological polar surface area (TPSA) is 73.2 Å². The van der Waals surface area contributed by atoms with Crippen molar-refractivity contribution >= 4 is 17.5 Å². The minimum Gasteiger partial charge on any atom is -0.487 e. The molecule has 1 aromatic carbocycles. The fraction of sp³-hybridized carbons (Fsp3) is 0.312. The number of para-hydroxylation sites is 1. The van der Waals surface area contributed by atoms with Crippen molar-refractivity contribution in [3.63, 3.8) is 0 Å². The number of rotatable bonds is 6. The molecule has 2 aromatic rings. The number of nitrogens with zero attached hydrogens (tertiary/aromatic N) is 2. The summed E-state index contributed by atoms with van der Waals surface area (Å²) in [6.45, 7) is 2.27. The van der Waals surface area contributed by atoms with E-state index >= 15 is 0 Å². The molecule has 6 nitrogen and oxygen atoms in total. The number of benzene rings is 1. The van der Waals surface area contributed by atoms with E-state index in [-0.39, 0.29) is 23.3 Å². The first-order chi connectivity index (χ1) is 11.0. The number of carbonyl (C=O) groups excluding carboxylic acids is 1. The van der Waals surface area contributed by atoms with Crippen LogP contribution in [0.1, 0.15) is 23.8 Å². The van der Waals surface area contributed by atoms with Gasteiger partial charge in [-0.1, -0.05) is 30.7 Å². The van der Waals surface area contributed by atoms with Gasteiger partial charge in [0.2, 0.25) is 0 Å². The SMILES string of the molecule is CC[C@H](CNC(=O)c1ccc(=O)n(C)n1)Oc1ccccc1Cl. The largest absolute Gasteiger partial charge is 0.487 e. The number of hydrogen-bond donors (Lipinski definition) is 1. The Morgan fingerprint density at radius 3 is 2.74 bits per heavy atom. The molecule has 2 rings (SSSR count). The molecule has 7 heteroatoms. The maximum atomic E-state index is 12.1. The normalized spacial score (nSPS) is 11.8. The minimum atomic E-state index is -0.359. The van der Waals surface area contributed by atoms with Crippen LogP contribution in [0.4, 0.5) is 0 Å². The van der Waals surface area contributed by atoms with Gasteiger partial charge < -0.3 is 10.1 Å². The Morgan fingerprint density at radius 2 is 2.09 bits per heavy atom. The van der Waals surface area contributed by atoms with E-state index < -0.39 is 0 Å². The van der Waals surface area contributed by atoms with Crippen molar-refractivity contribution in [3.05, 3.63) is 57.5 Å². The second-order valence-corrected chi connectivity index (χ2v) is 5.38. The molecule has 0 saturated carbocycles. The van der Waals surface area contributed by atoms with E-state index in [0.717, 1.165) is 4.68 Å². The second kappa shape index (κ2) is 7.78. The number of aromatic nitrogens is 2. The summed E-state index contributed by atoms with van der Waals surface area (Å²) >= 11 is 6.06. The van der Waals surface area contributed by atoms with Gasteiger partial charge in [0, 0.05) is 13.1 Å². The van der Waals surface area contributed by atoms with Crippen LogP contribution in [0.15, 0.2) is 41.2 Å². The Labute approximate surface area is 139 Å². The van der Waals surface area contributed by atoms with Gasteiger partial charge in [0.05, 0.1) is 11.6 Å². The van der Waals surface area contributed by atoms with E-state index in [1.807, 2.05) is 19.1 Å². The number of carbonyl (C=O) groups is 1. The third-order valence-corrected chi connectivity index (χ3v) is 3.58. The predicted molar refractivity (Wildman–Crippen MR) is 88.0 cm³/mol. The van der Waals surface area contributed by atoms with Gasteiger partial charge >= 0.3 is 0 Å². The number of ether oxygens (including phenoxy) is 1. The second-order valence-electron chi connectivity index (χ2n) is 4.97. The van der Waals surface area contributed by atoms with Crippen molar-refractivity contribution in [2.45, 2.75) is 19.4 Å². The molecule has 1 heterocycles. The summed E-state index contributed by atoms with van der Waals surface area (Å²) in [7, 11) is 1.49. The first-order valence-corrected chi connectivity index (χ1v) is 7.62. The lowest BCUT2D eigenvalue weighted by Gasteiger charge is -2.18. The molecule has 0 unspecified atom stereocenters. The van der Waals surface area contributed by atoms with Crippen LogP contribution in [0.3, 0.4) is 0 Å². The lowest BCUT2D eigenvalue weighted by Crippen LogP contribution is -2.36. The van der Waals surface area contributed by atoms with E-state index in [1.165, 1.54) is 19.2 Å². The first-order valence-electron chi connectivity index (χ1n) is 7.25. The fourth-order valence-electron chi connectivity index (χ4n) is 1.91. The highest BCUT2D eigenvalue weighted by Crippen LogP contribution is 2.24. The van der Waals surface area contributed by atoms with E-state index in [1.54, 1.807) is 12.1 Å². The average Bonchev–Trinajstić information content (AvgIpc) is 2.55. The Bertz CT molecular complexity index is 745. The number of nitrogens with one attached hydrogen (secondary N) is 1. The number of aryl methyl sites for hydroxylation is 1. The summed E-state index contributed by atoms with van der Waals surface area (Å²) < 4.78 is 6.92. The third-order valence-electron chi connectivity index (χ3n) is 3.27. The van der Waals surface area contributed by atoms with Gasteiger partial charge in [-0.2, -0.15) is 5.10 Å². The average molecular weight is 336 g/mol. The van der Waals surface area contributed by atoms with E-state index in [2.05, 4.69) is 10.4 Å². The molecule has 0 fully saturated rings. The Hall–Kier alpha value is -2.34. The molecule has 23 heavy (non-hydrogen) atoms. The number of amides is 1. The molecule has 0 radical (unpaired) electrons. The van der Waals surface area contributed by atoms with Crippen molar-refractivity contribution in [1.82, 2.24) is 15.1 Å². The van der Waals surface area contributed by atoms with Crippen molar-refractivity contribution in [3.8, 4) is 5.75 Å². The third kappa shape index (κ3) is 4.56. The maximum absolute atomic E-state index is 12.1. The van der Waals surface area contributed by atoms with Crippen LogP contribution in [-0.4, -0.2) is 28.3 Å². The zero-order valence-corrected chi connectivity index (χ0v) is 13.7. The zero-order valence-electron chi connectivity index (χ0n) is 13.0. The summed E-state index contributed by atoms with van der Waals surface area (Å²) in [5.74, 6) is 0.220. The van der Waals surface area contributed by atoms with Crippen molar-refractivity contribution in [2.24, 2.45) is 7.05 Å². The van der Waals surface area contributed by atoms with Crippen LogP contribution in [0.25, 0.3) is 0 Å². The molecule has 1 N–H and O–H groups in total. The molecule has 0 saturated heterocycles. The molecule has 0 spiro atoms. The van der Waals surface area contributed by atoms with Crippen molar-refractivity contribution in [2.75, 3.05) is 6.54 Å². The Kier molecular flexibility index (Phi) is 5.76. The monoisotopic (exact) mass is 335 g/mol. The summed E-state index contributed by atoms with van der Waals surface area (Å²) in [6.07, 6.45) is 0.484. The van der Waals surface area contributed by atoms with Gasteiger partial charge in [-0.05, 0) is 24.6 Å². The maximum Gasteiger partial charge on any atom is 0.271 e. The lowest BCUT2D eigenvalue weighted by atomic mass is 10.2. The van der Waals surface area contributed by atoms with Crippen LogP contribution in [-0.2, 0) is 7.05 Å². The van der Waals surface area contributed by atoms with Gasteiger partial charge in [0.15, 0.2) is 0 Å². The molecular weight excluding hydrogens is 318 g/mol. The minimum absolute atomic E-state index is 0.180. The van der Waals surface area contributed by atoms with Crippen LogP contribution >= 0.6 is 11.6 Å². The molecular formula is C16H18ClN3O3. The standard InChI is InChI=1S/C16H18ClN3O3/c1-3-11(23-14-7-5-4-6-12(14)17)10-18-16(22)13-8-9-15(21)20(2)19-13/h4-9,11H,3,10H2,1-2H3,(H,18,22)/t11-/m1/s1. The Balaban J connectivity index is 1.97. The molecule has 0 aliphatic heterocycles. The fourth-order valence-corrected chi connectivity index (χ4v) is 2.09.